The Balaban J connectivity index is 2.04. The molecule has 1 aromatic carbocycles. The normalized spacial score (nSPS) is 27.9. The van der Waals surface area contributed by atoms with Crippen molar-refractivity contribution in [2.45, 2.75) is 31.3 Å². The summed E-state index contributed by atoms with van der Waals surface area (Å²) >= 11 is 5.95. The lowest BCUT2D eigenvalue weighted by atomic mass is 9.89. The minimum Gasteiger partial charge on any atom is -0.481 e. The van der Waals surface area contributed by atoms with Gasteiger partial charge in [0, 0.05) is 23.2 Å². The fourth-order valence-corrected chi connectivity index (χ4v) is 3.65. The molecule has 2 saturated heterocycles. The third-order valence-electron chi connectivity index (χ3n) is 4.27. The van der Waals surface area contributed by atoms with Gasteiger partial charge in [0.2, 0.25) is 0 Å². The largest absolute Gasteiger partial charge is 0.481 e. The lowest BCUT2D eigenvalue weighted by molar-refractivity contribution is -0.384. The van der Waals surface area contributed by atoms with Gasteiger partial charge >= 0.3 is 5.97 Å². The molecule has 2 fully saturated rings. The Hall–Kier alpha value is -1.82. The predicted octanol–water partition coefficient (Wildman–Crippen LogP) is 2.69. The van der Waals surface area contributed by atoms with Gasteiger partial charge in [0.05, 0.1) is 10.8 Å². The van der Waals surface area contributed by atoms with Crippen LogP contribution in [-0.2, 0) is 4.79 Å². The molecule has 2 aliphatic heterocycles. The Morgan fingerprint density at radius 3 is 2.80 bits per heavy atom. The summed E-state index contributed by atoms with van der Waals surface area (Å²) in [5.41, 5.74) is 0.427. The second-order valence-electron chi connectivity index (χ2n) is 5.28. The lowest BCUT2D eigenvalue weighted by Gasteiger charge is -2.25. The van der Waals surface area contributed by atoms with Gasteiger partial charge in [0.1, 0.15) is 5.69 Å². The number of benzene rings is 1. The summed E-state index contributed by atoms with van der Waals surface area (Å²) in [6.07, 6.45) is 2.17. The van der Waals surface area contributed by atoms with Crippen molar-refractivity contribution in [1.29, 1.82) is 0 Å². The highest BCUT2D eigenvalue weighted by Gasteiger charge is 2.50. The minimum absolute atomic E-state index is 0.0164. The standard InChI is InChI=1S/C13H13ClN2O4/c14-7-1-3-11(16(19)20)12(5-7)15-8-2-4-10(15)9(6-8)13(17)18/h1,3,5,8-10H,2,4,6H2,(H,17,18). The van der Waals surface area contributed by atoms with E-state index < -0.39 is 16.8 Å². The number of nitro groups is 1. The van der Waals surface area contributed by atoms with E-state index in [1.807, 2.05) is 4.90 Å². The van der Waals surface area contributed by atoms with E-state index >= 15 is 0 Å². The topological polar surface area (TPSA) is 83.7 Å². The maximum Gasteiger partial charge on any atom is 0.308 e. The molecule has 106 valence electrons. The van der Waals surface area contributed by atoms with Crippen molar-refractivity contribution < 1.29 is 14.8 Å². The number of nitrogens with zero attached hydrogens (tertiary/aromatic N) is 2. The zero-order chi connectivity index (χ0) is 14.4. The van der Waals surface area contributed by atoms with E-state index in [2.05, 4.69) is 0 Å². The van der Waals surface area contributed by atoms with Gasteiger partial charge in [-0.2, -0.15) is 0 Å². The van der Waals surface area contributed by atoms with Crippen LogP contribution in [0.4, 0.5) is 11.4 Å². The molecular formula is C13H13ClN2O4. The van der Waals surface area contributed by atoms with E-state index in [1.165, 1.54) is 12.1 Å². The van der Waals surface area contributed by atoms with Crippen molar-refractivity contribution in [2.75, 3.05) is 4.90 Å². The molecule has 0 amide bonds. The van der Waals surface area contributed by atoms with Crippen molar-refractivity contribution in [3.63, 3.8) is 0 Å². The zero-order valence-corrected chi connectivity index (χ0v) is 11.3. The quantitative estimate of drug-likeness (QED) is 0.685. The van der Waals surface area contributed by atoms with Crippen molar-refractivity contribution in [3.8, 4) is 0 Å². The monoisotopic (exact) mass is 296 g/mol. The molecule has 1 N–H and O–H groups in total. The lowest BCUT2D eigenvalue weighted by Crippen LogP contribution is -2.33. The molecule has 2 bridgehead atoms. The molecule has 1 aromatic rings. The number of hydrogen-bond donors (Lipinski definition) is 1. The van der Waals surface area contributed by atoms with E-state index in [0.29, 0.717) is 17.1 Å². The van der Waals surface area contributed by atoms with Gasteiger partial charge in [-0.3, -0.25) is 14.9 Å². The molecule has 0 radical (unpaired) electrons. The number of carbonyl (C=O) groups is 1. The molecule has 20 heavy (non-hydrogen) atoms. The molecule has 3 atom stereocenters. The number of anilines is 1. The molecule has 0 aliphatic carbocycles. The van der Waals surface area contributed by atoms with E-state index in [4.69, 9.17) is 11.6 Å². The highest BCUT2D eigenvalue weighted by Crippen LogP contribution is 2.47. The minimum atomic E-state index is -0.827. The van der Waals surface area contributed by atoms with Crippen molar-refractivity contribution in [3.05, 3.63) is 33.3 Å². The summed E-state index contributed by atoms with van der Waals surface area (Å²) in [6, 6.07) is 4.31. The molecule has 0 saturated carbocycles. The summed E-state index contributed by atoms with van der Waals surface area (Å²) in [4.78, 5) is 23.9. The highest BCUT2D eigenvalue weighted by atomic mass is 35.5. The van der Waals surface area contributed by atoms with Crippen LogP contribution in [0.1, 0.15) is 19.3 Å². The summed E-state index contributed by atoms with van der Waals surface area (Å²) in [7, 11) is 0. The summed E-state index contributed by atoms with van der Waals surface area (Å²) < 4.78 is 0. The Kier molecular flexibility index (Phi) is 3.05. The molecule has 0 spiro atoms. The zero-order valence-electron chi connectivity index (χ0n) is 10.5. The average Bonchev–Trinajstić information content (AvgIpc) is 2.95. The number of carboxylic acid groups (broad SMARTS) is 1. The number of nitro benzene ring substituents is 1. The van der Waals surface area contributed by atoms with Crippen molar-refractivity contribution in [1.82, 2.24) is 0 Å². The number of aliphatic carboxylic acids is 1. The van der Waals surface area contributed by atoms with Crippen molar-refractivity contribution in [2.24, 2.45) is 5.92 Å². The fraction of sp³-hybridized carbons (Fsp3) is 0.462. The molecule has 7 heteroatoms. The number of halogens is 1. The maximum atomic E-state index is 11.3. The van der Waals surface area contributed by atoms with E-state index in [-0.39, 0.29) is 17.8 Å². The SMILES string of the molecule is O=C(O)C1CC2CCC1N2c1cc(Cl)ccc1[N+](=O)[O-]. The molecular weight excluding hydrogens is 284 g/mol. The number of fused-ring (bicyclic) bond motifs is 2. The van der Waals surface area contributed by atoms with Crippen LogP contribution in [0.15, 0.2) is 18.2 Å². The van der Waals surface area contributed by atoms with Crippen LogP contribution < -0.4 is 4.90 Å². The number of rotatable bonds is 3. The van der Waals surface area contributed by atoms with Gasteiger partial charge < -0.3 is 10.0 Å². The van der Waals surface area contributed by atoms with Crippen LogP contribution in [0.2, 0.25) is 5.02 Å². The average molecular weight is 297 g/mol. The van der Waals surface area contributed by atoms with Crippen LogP contribution in [-0.4, -0.2) is 28.1 Å². The van der Waals surface area contributed by atoms with Gasteiger partial charge in [-0.25, -0.2) is 0 Å². The summed E-state index contributed by atoms with van der Waals surface area (Å²) in [6.45, 7) is 0. The Morgan fingerprint density at radius 1 is 1.45 bits per heavy atom. The van der Waals surface area contributed by atoms with Gasteiger partial charge in [0.25, 0.3) is 5.69 Å². The fourth-order valence-electron chi connectivity index (χ4n) is 3.49. The van der Waals surface area contributed by atoms with Crippen LogP contribution >= 0.6 is 11.6 Å². The highest BCUT2D eigenvalue weighted by molar-refractivity contribution is 6.31. The first-order valence-corrected chi connectivity index (χ1v) is 6.82. The van der Waals surface area contributed by atoms with E-state index in [0.717, 1.165) is 12.8 Å². The Morgan fingerprint density at radius 2 is 2.20 bits per heavy atom. The van der Waals surface area contributed by atoms with Gasteiger partial charge in [-0.15, -0.1) is 0 Å². The van der Waals surface area contributed by atoms with Gasteiger partial charge in [-0.05, 0) is 31.4 Å². The third-order valence-corrected chi connectivity index (χ3v) is 4.50. The first-order chi connectivity index (χ1) is 9.49. The molecule has 6 nitrogen and oxygen atoms in total. The molecule has 2 heterocycles. The second-order valence-corrected chi connectivity index (χ2v) is 5.71. The maximum absolute atomic E-state index is 11.3. The first-order valence-electron chi connectivity index (χ1n) is 6.44. The van der Waals surface area contributed by atoms with E-state index in [1.54, 1.807) is 6.07 Å². The summed E-state index contributed by atoms with van der Waals surface area (Å²) in [5.74, 6) is -1.28. The van der Waals surface area contributed by atoms with Crippen LogP contribution in [0, 0.1) is 16.0 Å². The van der Waals surface area contributed by atoms with Gasteiger partial charge in [0.15, 0.2) is 0 Å². The predicted molar refractivity (Wildman–Crippen MR) is 73.1 cm³/mol. The number of hydrogen-bond acceptors (Lipinski definition) is 4. The van der Waals surface area contributed by atoms with Crippen LogP contribution in [0.25, 0.3) is 0 Å². The molecule has 0 aromatic heterocycles. The summed E-state index contributed by atoms with van der Waals surface area (Å²) in [5, 5.41) is 20.8. The molecule has 3 unspecified atom stereocenters. The Bertz CT molecular complexity index is 592. The van der Waals surface area contributed by atoms with E-state index in [9.17, 15) is 20.0 Å². The van der Waals surface area contributed by atoms with Crippen molar-refractivity contribution >= 4 is 28.9 Å². The smallest absolute Gasteiger partial charge is 0.308 e. The first kappa shape index (κ1) is 13.2. The van der Waals surface area contributed by atoms with Gasteiger partial charge in [-0.1, -0.05) is 11.6 Å². The second kappa shape index (κ2) is 4.63. The molecule has 2 aliphatic rings. The van der Waals surface area contributed by atoms with Crippen LogP contribution in [0.3, 0.4) is 0 Å². The van der Waals surface area contributed by atoms with Crippen LogP contribution in [0.5, 0.6) is 0 Å². The molecule has 3 rings (SSSR count). The number of carboxylic acids is 1. The Labute approximate surface area is 120 Å². The third kappa shape index (κ3) is 1.91.